The van der Waals surface area contributed by atoms with Gasteiger partial charge in [0.25, 0.3) is 5.56 Å². The maximum absolute atomic E-state index is 13.8. The van der Waals surface area contributed by atoms with Gasteiger partial charge in [-0.15, -0.1) is 0 Å². The number of hydrogen-bond donors (Lipinski definition) is 1. The molecular formula is C21H24F2N4O. The van der Waals surface area contributed by atoms with E-state index in [2.05, 4.69) is 15.0 Å². The number of aromatic amines is 1. The molecule has 0 saturated carbocycles. The summed E-state index contributed by atoms with van der Waals surface area (Å²) in [5, 5.41) is 2.97. The minimum atomic E-state index is -0.465. The highest BCUT2D eigenvalue weighted by molar-refractivity contribution is 5.39. The van der Waals surface area contributed by atoms with E-state index in [9.17, 15) is 13.6 Å². The molecule has 1 aliphatic rings. The number of fused-ring (bicyclic) bond motifs is 1. The molecule has 1 fully saturated rings. The molecule has 0 spiro atoms. The van der Waals surface area contributed by atoms with Crippen LogP contribution in [0.15, 0.2) is 35.1 Å². The minimum Gasteiger partial charge on any atom is -0.297 e. The van der Waals surface area contributed by atoms with Crippen molar-refractivity contribution in [2.75, 3.05) is 13.1 Å². The molecule has 5 nitrogen and oxygen atoms in total. The Morgan fingerprint density at radius 3 is 2.82 bits per heavy atom. The number of aromatic nitrogens is 3. The Balaban J connectivity index is 1.41. The van der Waals surface area contributed by atoms with Gasteiger partial charge in [0.15, 0.2) is 5.65 Å². The Labute approximate surface area is 162 Å². The Hall–Kier alpha value is -2.54. The monoisotopic (exact) mass is 386 g/mol. The number of H-pyrrole nitrogens is 1. The number of benzene rings is 1. The van der Waals surface area contributed by atoms with Crippen LogP contribution in [0.25, 0.3) is 5.65 Å². The lowest BCUT2D eigenvalue weighted by Crippen LogP contribution is -2.35. The highest BCUT2D eigenvalue weighted by Gasteiger charge is 2.21. The van der Waals surface area contributed by atoms with Gasteiger partial charge in [0.2, 0.25) is 0 Å². The molecule has 2 aromatic heterocycles. The molecule has 28 heavy (non-hydrogen) atoms. The van der Waals surface area contributed by atoms with Gasteiger partial charge in [-0.1, -0.05) is 6.07 Å². The fourth-order valence-corrected chi connectivity index (χ4v) is 4.12. The van der Waals surface area contributed by atoms with Crippen LogP contribution in [-0.2, 0) is 13.0 Å². The third-order valence-corrected chi connectivity index (χ3v) is 5.48. The summed E-state index contributed by atoms with van der Waals surface area (Å²) in [5.74, 6) is -0.549. The van der Waals surface area contributed by atoms with Crippen LogP contribution < -0.4 is 5.56 Å². The van der Waals surface area contributed by atoms with Gasteiger partial charge in [0, 0.05) is 36.5 Å². The number of nitrogens with zero attached hydrogens (tertiary/aromatic N) is 3. The van der Waals surface area contributed by atoms with Crippen LogP contribution >= 0.6 is 0 Å². The average Bonchev–Trinajstić information content (AvgIpc) is 3.02. The average molecular weight is 386 g/mol. The second-order valence-corrected chi connectivity index (χ2v) is 7.70. The van der Waals surface area contributed by atoms with Crippen molar-refractivity contribution in [1.29, 1.82) is 0 Å². The maximum atomic E-state index is 13.8. The highest BCUT2D eigenvalue weighted by Crippen LogP contribution is 2.24. The zero-order valence-corrected chi connectivity index (χ0v) is 15.9. The predicted octanol–water partition coefficient (Wildman–Crippen LogP) is 3.45. The molecule has 148 valence electrons. The fourth-order valence-electron chi connectivity index (χ4n) is 4.12. The number of aryl methyl sites for hydroxylation is 1. The highest BCUT2D eigenvalue weighted by atomic mass is 19.1. The number of nitrogens with one attached hydrogen (secondary N) is 1. The van der Waals surface area contributed by atoms with Gasteiger partial charge in [-0.2, -0.15) is 0 Å². The number of likely N-dealkylation sites (tertiary alicyclic amines) is 1. The summed E-state index contributed by atoms with van der Waals surface area (Å²) in [6.07, 6.45) is 3.25. The lowest BCUT2D eigenvalue weighted by molar-refractivity contribution is 0.160. The molecular weight excluding hydrogens is 362 g/mol. The summed E-state index contributed by atoms with van der Waals surface area (Å²) >= 11 is 0. The third-order valence-electron chi connectivity index (χ3n) is 5.48. The van der Waals surface area contributed by atoms with Crippen molar-refractivity contribution in [3.8, 4) is 0 Å². The summed E-state index contributed by atoms with van der Waals surface area (Å²) in [6, 6.07) is 7.45. The van der Waals surface area contributed by atoms with Crippen LogP contribution in [-0.4, -0.2) is 32.6 Å². The first-order valence-electron chi connectivity index (χ1n) is 9.73. The molecule has 1 N–H and O–H groups in total. The van der Waals surface area contributed by atoms with Crippen LogP contribution in [0.1, 0.15) is 36.2 Å². The van der Waals surface area contributed by atoms with Crippen molar-refractivity contribution in [3.05, 3.63) is 69.3 Å². The standard InChI is InChI=1S/C21H24F2N4O/c1-14-10-20-24-16(11-21(28)27(20)25-14)13-26-9-3-4-15(12-26)7-8-17-18(22)5-2-6-19(17)23/h2,5-6,10-11,15,25H,3-4,7-9,12-13H2,1H3/t15-/m1/s1. The van der Waals surface area contributed by atoms with Crippen molar-refractivity contribution in [2.24, 2.45) is 5.92 Å². The van der Waals surface area contributed by atoms with Crippen LogP contribution in [0.3, 0.4) is 0 Å². The molecule has 7 heteroatoms. The van der Waals surface area contributed by atoms with Crippen molar-refractivity contribution >= 4 is 5.65 Å². The molecule has 0 amide bonds. The van der Waals surface area contributed by atoms with E-state index < -0.39 is 11.6 Å². The fraction of sp³-hybridized carbons (Fsp3) is 0.429. The van der Waals surface area contributed by atoms with E-state index in [0.29, 0.717) is 24.5 Å². The van der Waals surface area contributed by atoms with Crippen LogP contribution in [0.4, 0.5) is 8.78 Å². The van der Waals surface area contributed by atoms with Gasteiger partial charge >= 0.3 is 0 Å². The lowest BCUT2D eigenvalue weighted by Gasteiger charge is -2.32. The molecule has 0 aliphatic carbocycles. The number of piperidine rings is 1. The second kappa shape index (κ2) is 7.83. The van der Waals surface area contributed by atoms with E-state index in [1.54, 1.807) is 6.07 Å². The minimum absolute atomic E-state index is 0.114. The summed E-state index contributed by atoms with van der Waals surface area (Å²) in [4.78, 5) is 19.1. The van der Waals surface area contributed by atoms with Gasteiger partial charge in [-0.05, 0) is 57.2 Å². The molecule has 1 saturated heterocycles. The molecule has 3 heterocycles. The first kappa shape index (κ1) is 18.8. The summed E-state index contributed by atoms with van der Waals surface area (Å²) in [7, 11) is 0. The Morgan fingerprint density at radius 1 is 1.25 bits per heavy atom. The SMILES string of the molecule is Cc1cc2nc(CN3CCC[C@H](CCc4c(F)cccc4F)C3)cc(=O)n2[nH]1. The van der Waals surface area contributed by atoms with Gasteiger partial charge < -0.3 is 0 Å². The number of hydrogen-bond acceptors (Lipinski definition) is 3. The van der Waals surface area contributed by atoms with Crippen molar-refractivity contribution in [3.63, 3.8) is 0 Å². The Kier molecular flexibility index (Phi) is 5.26. The number of rotatable bonds is 5. The normalized spacial score (nSPS) is 18.0. The van der Waals surface area contributed by atoms with Crippen molar-refractivity contribution in [2.45, 2.75) is 39.2 Å². The number of halogens is 2. The van der Waals surface area contributed by atoms with Gasteiger partial charge in [-0.3, -0.25) is 14.8 Å². The van der Waals surface area contributed by atoms with E-state index in [4.69, 9.17) is 0 Å². The van der Waals surface area contributed by atoms with Crippen LogP contribution in [0.5, 0.6) is 0 Å². The van der Waals surface area contributed by atoms with E-state index in [1.807, 2.05) is 13.0 Å². The van der Waals surface area contributed by atoms with Crippen molar-refractivity contribution < 1.29 is 8.78 Å². The summed E-state index contributed by atoms with van der Waals surface area (Å²) in [6.45, 7) is 4.29. The van der Waals surface area contributed by atoms with E-state index in [0.717, 1.165) is 43.7 Å². The first-order chi connectivity index (χ1) is 13.5. The second-order valence-electron chi connectivity index (χ2n) is 7.70. The zero-order chi connectivity index (χ0) is 19.7. The predicted molar refractivity (Wildman–Crippen MR) is 103 cm³/mol. The van der Waals surface area contributed by atoms with E-state index in [1.165, 1.54) is 22.7 Å². The molecule has 0 bridgehead atoms. The molecule has 1 aromatic carbocycles. The molecule has 0 radical (unpaired) electrons. The molecule has 1 aliphatic heterocycles. The van der Waals surface area contributed by atoms with Crippen molar-refractivity contribution in [1.82, 2.24) is 19.5 Å². The molecule has 4 rings (SSSR count). The lowest BCUT2D eigenvalue weighted by atomic mass is 9.91. The van der Waals surface area contributed by atoms with Crippen LogP contribution in [0, 0.1) is 24.5 Å². The van der Waals surface area contributed by atoms with Crippen LogP contribution in [0.2, 0.25) is 0 Å². The van der Waals surface area contributed by atoms with E-state index in [-0.39, 0.29) is 11.1 Å². The van der Waals surface area contributed by atoms with Gasteiger partial charge in [0.1, 0.15) is 11.6 Å². The Morgan fingerprint density at radius 2 is 2.04 bits per heavy atom. The molecule has 0 unspecified atom stereocenters. The Bertz CT molecular complexity index is 1020. The first-order valence-corrected chi connectivity index (χ1v) is 9.73. The van der Waals surface area contributed by atoms with Gasteiger partial charge in [0.05, 0.1) is 5.69 Å². The molecule has 3 aromatic rings. The maximum Gasteiger partial charge on any atom is 0.272 e. The quantitative estimate of drug-likeness (QED) is 0.731. The topological polar surface area (TPSA) is 53.4 Å². The summed E-state index contributed by atoms with van der Waals surface area (Å²) < 4.78 is 29.1. The van der Waals surface area contributed by atoms with Gasteiger partial charge in [-0.25, -0.2) is 18.3 Å². The summed E-state index contributed by atoms with van der Waals surface area (Å²) in [5.41, 5.74) is 2.34. The zero-order valence-electron chi connectivity index (χ0n) is 15.9. The smallest absolute Gasteiger partial charge is 0.272 e. The molecule has 1 atom stereocenters. The third kappa shape index (κ3) is 3.99. The van der Waals surface area contributed by atoms with E-state index >= 15 is 0 Å². The largest absolute Gasteiger partial charge is 0.297 e.